The summed E-state index contributed by atoms with van der Waals surface area (Å²) in [7, 11) is 0.401. The average Bonchev–Trinajstić information content (AvgIpc) is 2.35. The maximum Gasteiger partial charge on any atom is 0.240 e. The quantitative estimate of drug-likeness (QED) is 0.738. The zero-order valence-corrected chi connectivity index (χ0v) is 12.8. The summed E-state index contributed by atoms with van der Waals surface area (Å²) in [4.78, 5) is 2.20. The molecule has 7 heteroatoms. The fourth-order valence-corrected chi connectivity index (χ4v) is 2.88. The molecule has 3 N–H and O–H groups in total. The molecule has 0 radical (unpaired) electrons. The largest absolute Gasteiger partial charge is 0.326 e. The highest BCUT2D eigenvalue weighted by Gasteiger charge is 2.14. The van der Waals surface area contributed by atoms with Gasteiger partial charge in [0.05, 0.1) is 4.90 Å². The summed E-state index contributed by atoms with van der Waals surface area (Å²) in [6, 6.07) is 4.55. The van der Waals surface area contributed by atoms with E-state index in [1.807, 2.05) is 19.0 Å². The van der Waals surface area contributed by atoms with Crippen LogP contribution in [0.4, 0.5) is 0 Å². The molecule has 0 spiro atoms. The lowest BCUT2D eigenvalue weighted by Gasteiger charge is -2.11. The van der Waals surface area contributed by atoms with Crippen LogP contribution in [0.15, 0.2) is 23.1 Å². The number of rotatable bonds is 7. The van der Waals surface area contributed by atoms with E-state index in [9.17, 15) is 8.42 Å². The Bertz CT molecular complexity index is 518. The van der Waals surface area contributed by atoms with Gasteiger partial charge in [-0.2, -0.15) is 0 Å². The fourth-order valence-electron chi connectivity index (χ4n) is 1.56. The van der Waals surface area contributed by atoms with Crippen molar-refractivity contribution in [1.29, 1.82) is 0 Å². The summed E-state index contributed by atoms with van der Waals surface area (Å²) in [5, 5.41) is 0.481. The molecule has 1 rings (SSSR count). The lowest BCUT2D eigenvalue weighted by atomic mass is 10.2. The maximum atomic E-state index is 12.0. The Kier molecular flexibility index (Phi) is 6.22. The molecule has 0 fully saturated rings. The first-order valence-electron chi connectivity index (χ1n) is 5.99. The van der Waals surface area contributed by atoms with Gasteiger partial charge in [-0.05, 0) is 50.8 Å². The van der Waals surface area contributed by atoms with Crippen LogP contribution in [-0.2, 0) is 16.6 Å². The molecule has 0 bridgehead atoms. The van der Waals surface area contributed by atoms with E-state index in [-0.39, 0.29) is 11.4 Å². The van der Waals surface area contributed by atoms with Gasteiger partial charge < -0.3 is 10.6 Å². The molecular weight excluding hydrogens is 286 g/mol. The van der Waals surface area contributed by atoms with Gasteiger partial charge in [-0.15, -0.1) is 0 Å². The van der Waals surface area contributed by atoms with Gasteiger partial charge in [0.2, 0.25) is 10.0 Å². The molecule has 0 aliphatic carbocycles. The Morgan fingerprint density at radius 1 is 1.37 bits per heavy atom. The highest BCUT2D eigenvalue weighted by Crippen LogP contribution is 2.19. The first-order valence-corrected chi connectivity index (χ1v) is 7.86. The molecule has 0 aromatic heterocycles. The van der Waals surface area contributed by atoms with Crippen molar-refractivity contribution in [2.75, 3.05) is 27.2 Å². The standard InChI is InChI=1S/C12H20ClN3O2S/c1-16(2)7-3-6-15-19(17,18)11-4-5-12(13)10(8-11)9-14/h4-5,8,15H,3,6-7,9,14H2,1-2H3. The molecule has 0 heterocycles. The molecule has 1 aromatic carbocycles. The monoisotopic (exact) mass is 305 g/mol. The number of halogens is 1. The summed E-state index contributed by atoms with van der Waals surface area (Å²) in [6.07, 6.45) is 0.754. The first kappa shape index (κ1) is 16.4. The van der Waals surface area contributed by atoms with Gasteiger partial charge in [-0.1, -0.05) is 11.6 Å². The molecule has 108 valence electrons. The predicted molar refractivity (Wildman–Crippen MR) is 77.7 cm³/mol. The van der Waals surface area contributed by atoms with E-state index in [1.165, 1.54) is 12.1 Å². The van der Waals surface area contributed by atoms with Crippen molar-refractivity contribution in [2.24, 2.45) is 5.73 Å². The molecule has 0 atom stereocenters. The van der Waals surface area contributed by atoms with Crippen LogP contribution in [0.2, 0.25) is 5.02 Å². The Morgan fingerprint density at radius 2 is 2.05 bits per heavy atom. The van der Waals surface area contributed by atoms with E-state index in [4.69, 9.17) is 17.3 Å². The van der Waals surface area contributed by atoms with Crippen LogP contribution < -0.4 is 10.5 Å². The van der Waals surface area contributed by atoms with Gasteiger partial charge in [0.15, 0.2) is 0 Å². The van der Waals surface area contributed by atoms with E-state index >= 15 is 0 Å². The molecule has 0 saturated carbocycles. The van der Waals surface area contributed by atoms with Crippen molar-refractivity contribution >= 4 is 21.6 Å². The Balaban J connectivity index is 2.72. The second kappa shape index (κ2) is 7.21. The van der Waals surface area contributed by atoms with Gasteiger partial charge in [0.1, 0.15) is 0 Å². The van der Waals surface area contributed by atoms with Gasteiger partial charge >= 0.3 is 0 Å². The van der Waals surface area contributed by atoms with Crippen molar-refractivity contribution in [3.63, 3.8) is 0 Å². The van der Waals surface area contributed by atoms with Crippen molar-refractivity contribution in [3.05, 3.63) is 28.8 Å². The third-order valence-corrected chi connectivity index (χ3v) is 4.45. The van der Waals surface area contributed by atoms with Crippen LogP contribution >= 0.6 is 11.6 Å². The van der Waals surface area contributed by atoms with Crippen LogP contribution in [0.5, 0.6) is 0 Å². The molecule has 0 amide bonds. The number of nitrogens with one attached hydrogen (secondary N) is 1. The summed E-state index contributed by atoms with van der Waals surface area (Å²) in [6.45, 7) is 1.45. The number of hydrogen-bond acceptors (Lipinski definition) is 4. The van der Waals surface area contributed by atoms with E-state index in [0.29, 0.717) is 17.1 Å². The minimum Gasteiger partial charge on any atom is -0.326 e. The van der Waals surface area contributed by atoms with Crippen molar-refractivity contribution in [3.8, 4) is 0 Å². The van der Waals surface area contributed by atoms with Gasteiger partial charge in [0, 0.05) is 18.1 Å². The Labute approximate surface area is 119 Å². The molecule has 0 saturated heterocycles. The van der Waals surface area contributed by atoms with Crippen LogP contribution in [0.1, 0.15) is 12.0 Å². The topological polar surface area (TPSA) is 75.4 Å². The number of nitrogens with zero attached hydrogens (tertiary/aromatic N) is 1. The van der Waals surface area contributed by atoms with Gasteiger partial charge in [-0.3, -0.25) is 0 Å². The second-order valence-electron chi connectivity index (χ2n) is 4.51. The molecular formula is C12H20ClN3O2S. The zero-order valence-electron chi connectivity index (χ0n) is 11.2. The molecule has 0 aliphatic heterocycles. The average molecular weight is 306 g/mol. The molecule has 5 nitrogen and oxygen atoms in total. The normalized spacial score (nSPS) is 12.1. The first-order chi connectivity index (χ1) is 8.86. The highest BCUT2D eigenvalue weighted by molar-refractivity contribution is 7.89. The lowest BCUT2D eigenvalue weighted by Crippen LogP contribution is -2.27. The molecule has 0 unspecified atom stereocenters. The molecule has 0 aliphatic rings. The van der Waals surface area contributed by atoms with E-state index in [1.54, 1.807) is 6.07 Å². The maximum absolute atomic E-state index is 12.0. The Morgan fingerprint density at radius 3 is 2.63 bits per heavy atom. The third-order valence-electron chi connectivity index (χ3n) is 2.62. The predicted octanol–water partition coefficient (Wildman–Crippen LogP) is 1.03. The summed E-state index contributed by atoms with van der Waals surface area (Å²) >= 11 is 5.91. The van der Waals surface area contributed by atoms with Crippen LogP contribution in [0, 0.1) is 0 Å². The van der Waals surface area contributed by atoms with Crippen LogP contribution in [-0.4, -0.2) is 40.5 Å². The Hall–Kier alpha value is -0.660. The zero-order chi connectivity index (χ0) is 14.5. The smallest absolute Gasteiger partial charge is 0.240 e. The number of benzene rings is 1. The van der Waals surface area contributed by atoms with Gasteiger partial charge in [0.25, 0.3) is 0 Å². The summed E-state index contributed by atoms with van der Waals surface area (Å²) < 4.78 is 26.7. The van der Waals surface area contributed by atoms with Crippen molar-refractivity contribution in [1.82, 2.24) is 9.62 Å². The fraction of sp³-hybridized carbons (Fsp3) is 0.500. The van der Waals surface area contributed by atoms with E-state index < -0.39 is 10.0 Å². The van der Waals surface area contributed by atoms with Crippen molar-refractivity contribution in [2.45, 2.75) is 17.9 Å². The van der Waals surface area contributed by atoms with E-state index in [2.05, 4.69) is 4.72 Å². The number of nitrogens with two attached hydrogens (primary N) is 1. The highest BCUT2D eigenvalue weighted by atomic mass is 35.5. The second-order valence-corrected chi connectivity index (χ2v) is 6.69. The van der Waals surface area contributed by atoms with Crippen molar-refractivity contribution < 1.29 is 8.42 Å². The van der Waals surface area contributed by atoms with Crippen LogP contribution in [0.3, 0.4) is 0 Å². The third kappa shape index (κ3) is 5.08. The lowest BCUT2D eigenvalue weighted by molar-refractivity contribution is 0.400. The molecule has 1 aromatic rings. The minimum atomic E-state index is -3.49. The SMILES string of the molecule is CN(C)CCCNS(=O)(=O)c1ccc(Cl)c(CN)c1. The number of sulfonamides is 1. The minimum absolute atomic E-state index is 0.196. The summed E-state index contributed by atoms with van der Waals surface area (Å²) in [5.74, 6) is 0. The number of hydrogen-bond donors (Lipinski definition) is 2. The van der Waals surface area contributed by atoms with Crippen LogP contribution in [0.25, 0.3) is 0 Å². The molecule has 19 heavy (non-hydrogen) atoms. The summed E-state index contributed by atoms with van der Waals surface area (Å²) in [5.41, 5.74) is 6.14. The van der Waals surface area contributed by atoms with E-state index in [0.717, 1.165) is 13.0 Å². The van der Waals surface area contributed by atoms with Gasteiger partial charge in [-0.25, -0.2) is 13.1 Å².